The van der Waals surface area contributed by atoms with Gasteiger partial charge in [-0.1, -0.05) is 60.8 Å². The Labute approximate surface area is 226 Å². The molecule has 2 N–H and O–H groups in total. The van der Waals surface area contributed by atoms with E-state index in [9.17, 15) is 9.59 Å². The van der Waals surface area contributed by atoms with E-state index in [0.717, 1.165) is 24.2 Å². The van der Waals surface area contributed by atoms with Gasteiger partial charge < -0.3 is 20.0 Å². The van der Waals surface area contributed by atoms with E-state index in [0.29, 0.717) is 44.9 Å². The molecule has 2 amide bonds. The van der Waals surface area contributed by atoms with Gasteiger partial charge in [-0.05, 0) is 56.7 Å². The molecule has 2 heterocycles. The number of nitrogens with one attached hydrogen (secondary N) is 2. The number of amides is 2. The number of furan rings is 1. The fraction of sp³-hybridized carbons (Fsp3) is 0.241. The van der Waals surface area contributed by atoms with E-state index in [1.807, 2.05) is 18.7 Å². The average Bonchev–Trinajstić information content (AvgIpc) is 3.41. The number of rotatable bonds is 8. The Morgan fingerprint density at radius 3 is 1.78 bits per heavy atom. The lowest BCUT2D eigenvalue weighted by Gasteiger charge is -2.38. The van der Waals surface area contributed by atoms with Crippen molar-refractivity contribution in [2.45, 2.75) is 39.5 Å². The summed E-state index contributed by atoms with van der Waals surface area (Å²) in [6.45, 7) is 6.56. The average molecular weight is 538 g/mol. The quantitative estimate of drug-likeness (QED) is 0.310. The Kier molecular flexibility index (Phi) is 8.41. The Morgan fingerprint density at radius 1 is 0.838 bits per heavy atom. The smallest absolute Gasteiger partial charge is 0.254 e. The maximum atomic E-state index is 13.9. The van der Waals surface area contributed by atoms with Crippen LogP contribution < -0.4 is 10.6 Å². The molecule has 6 nitrogen and oxygen atoms in total. The lowest BCUT2D eigenvalue weighted by Crippen LogP contribution is -2.37. The van der Waals surface area contributed by atoms with Crippen LogP contribution in [0.4, 0.5) is 11.4 Å². The molecule has 0 bridgehead atoms. The van der Waals surface area contributed by atoms with Crippen molar-refractivity contribution in [3.05, 3.63) is 105 Å². The summed E-state index contributed by atoms with van der Waals surface area (Å²) in [4.78, 5) is 29.8. The van der Waals surface area contributed by atoms with E-state index in [1.54, 1.807) is 60.7 Å². The van der Waals surface area contributed by atoms with Crippen molar-refractivity contribution in [1.29, 1.82) is 0 Å². The molecule has 0 atom stereocenters. The van der Waals surface area contributed by atoms with Gasteiger partial charge in [-0.2, -0.15) is 0 Å². The molecule has 0 spiro atoms. The van der Waals surface area contributed by atoms with Crippen LogP contribution in [0.15, 0.2) is 93.9 Å². The van der Waals surface area contributed by atoms with Crippen LogP contribution >= 0.6 is 23.2 Å². The highest BCUT2D eigenvalue weighted by Gasteiger charge is 2.40. The van der Waals surface area contributed by atoms with E-state index < -0.39 is 5.92 Å². The van der Waals surface area contributed by atoms with Gasteiger partial charge in [0.25, 0.3) is 11.8 Å². The molecule has 4 rings (SSSR count). The van der Waals surface area contributed by atoms with Crippen LogP contribution in [0.1, 0.15) is 45.3 Å². The Morgan fingerprint density at radius 2 is 1.35 bits per heavy atom. The minimum Gasteiger partial charge on any atom is -0.468 e. The minimum absolute atomic E-state index is 0.357. The van der Waals surface area contributed by atoms with Crippen LogP contribution in [-0.4, -0.2) is 23.3 Å². The lowest BCUT2D eigenvalue weighted by molar-refractivity contribution is -0.113. The first-order valence-electron chi connectivity index (χ1n) is 12.2. The van der Waals surface area contributed by atoms with E-state index in [1.165, 1.54) is 6.26 Å². The summed E-state index contributed by atoms with van der Waals surface area (Å²) < 4.78 is 5.80. The van der Waals surface area contributed by atoms with E-state index in [4.69, 9.17) is 27.6 Å². The van der Waals surface area contributed by atoms with Gasteiger partial charge >= 0.3 is 0 Å². The predicted molar refractivity (Wildman–Crippen MR) is 149 cm³/mol. The molecule has 2 aromatic carbocycles. The molecule has 0 aliphatic carbocycles. The first-order valence-corrected chi connectivity index (χ1v) is 12.9. The van der Waals surface area contributed by atoms with Crippen molar-refractivity contribution in [1.82, 2.24) is 4.90 Å². The second kappa shape index (κ2) is 11.7. The van der Waals surface area contributed by atoms with Crippen molar-refractivity contribution in [2.24, 2.45) is 0 Å². The number of hydrogen-bond acceptors (Lipinski definition) is 4. The van der Waals surface area contributed by atoms with Gasteiger partial charge in [-0.15, -0.1) is 0 Å². The number of para-hydroxylation sites is 2. The fourth-order valence-corrected chi connectivity index (χ4v) is 4.96. The number of unbranched alkanes of at least 4 members (excludes halogenated alkanes) is 1. The number of hydrogen-bond donors (Lipinski definition) is 2. The van der Waals surface area contributed by atoms with Crippen LogP contribution in [0.2, 0.25) is 10.0 Å². The number of nitrogens with zero attached hydrogens (tertiary/aromatic N) is 1. The Hall–Kier alpha value is -3.48. The van der Waals surface area contributed by atoms with Gasteiger partial charge in [0.05, 0.1) is 44.7 Å². The van der Waals surface area contributed by atoms with Gasteiger partial charge in [-0.25, -0.2) is 0 Å². The molecule has 0 saturated heterocycles. The molecule has 0 unspecified atom stereocenters. The molecule has 37 heavy (non-hydrogen) atoms. The first kappa shape index (κ1) is 26.6. The standard InChI is InChI=1S/C29H29Cl2N3O3/c1-4-5-16-34-18(2)25(28(35)32-22-13-8-6-11-20(22)30)27(24-15-10-17-37-24)26(19(34)3)29(36)33-23-14-9-7-12-21(23)31/h6-15,17,27H,4-5,16H2,1-3H3,(H,32,35)(H,33,36). The summed E-state index contributed by atoms with van der Waals surface area (Å²) in [6.07, 6.45) is 3.39. The van der Waals surface area contributed by atoms with Crippen molar-refractivity contribution < 1.29 is 14.0 Å². The van der Waals surface area contributed by atoms with Gasteiger partial charge in [-0.3, -0.25) is 9.59 Å². The zero-order chi connectivity index (χ0) is 26.5. The van der Waals surface area contributed by atoms with Crippen LogP contribution in [0.3, 0.4) is 0 Å². The van der Waals surface area contributed by atoms with E-state index in [2.05, 4.69) is 17.6 Å². The number of halogens is 2. The normalized spacial score (nSPS) is 14.2. The predicted octanol–water partition coefficient (Wildman–Crippen LogP) is 7.61. The van der Waals surface area contributed by atoms with E-state index >= 15 is 0 Å². The summed E-state index contributed by atoms with van der Waals surface area (Å²) >= 11 is 12.7. The van der Waals surface area contributed by atoms with Crippen molar-refractivity contribution in [3.8, 4) is 0 Å². The molecule has 3 aromatic rings. The largest absolute Gasteiger partial charge is 0.468 e. The van der Waals surface area contributed by atoms with Crippen molar-refractivity contribution in [3.63, 3.8) is 0 Å². The molecule has 1 aliphatic rings. The second-order valence-electron chi connectivity index (χ2n) is 8.82. The summed E-state index contributed by atoms with van der Waals surface area (Å²) in [5, 5.41) is 6.72. The number of benzene rings is 2. The number of allylic oxidation sites excluding steroid dienone is 2. The zero-order valence-corrected chi connectivity index (χ0v) is 22.5. The minimum atomic E-state index is -0.738. The third kappa shape index (κ3) is 5.60. The molecule has 1 aromatic heterocycles. The van der Waals surface area contributed by atoms with Gasteiger partial charge in [0.15, 0.2) is 0 Å². The lowest BCUT2D eigenvalue weighted by atomic mass is 9.81. The highest BCUT2D eigenvalue weighted by atomic mass is 35.5. The van der Waals surface area contributed by atoms with Gasteiger partial charge in [0.1, 0.15) is 5.76 Å². The molecule has 0 fully saturated rings. The third-order valence-electron chi connectivity index (χ3n) is 6.46. The summed E-state index contributed by atoms with van der Waals surface area (Å²) in [5.41, 5.74) is 3.32. The molecule has 0 radical (unpaired) electrons. The maximum absolute atomic E-state index is 13.9. The molecular formula is C29H29Cl2N3O3. The molecular weight excluding hydrogens is 509 g/mol. The van der Waals surface area contributed by atoms with Crippen molar-refractivity contribution >= 4 is 46.4 Å². The van der Waals surface area contributed by atoms with Gasteiger partial charge in [0, 0.05) is 17.9 Å². The maximum Gasteiger partial charge on any atom is 0.254 e. The SMILES string of the molecule is CCCCN1C(C)=C(C(=O)Nc2ccccc2Cl)C(c2ccco2)C(C(=O)Nc2ccccc2Cl)=C1C. The molecule has 192 valence electrons. The van der Waals surface area contributed by atoms with Crippen LogP contribution in [0.25, 0.3) is 0 Å². The summed E-state index contributed by atoms with van der Waals surface area (Å²) in [7, 11) is 0. The number of anilines is 2. The van der Waals surface area contributed by atoms with Gasteiger partial charge in [0.2, 0.25) is 0 Å². The third-order valence-corrected chi connectivity index (χ3v) is 7.12. The molecule has 8 heteroatoms. The summed E-state index contributed by atoms with van der Waals surface area (Å²) in [5.74, 6) is -0.964. The number of carbonyl (C=O) groups excluding carboxylic acids is 2. The van der Waals surface area contributed by atoms with Crippen LogP contribution in [-0.2, 0) is 9.59 Å². The topological polar surface area (TPSA) is 74.6 Å². The summed E-state index contributed by atoms with van der Waals surface area (Å²) in [6, 6.07) is 17.6. The Bertz CT molecular complexity index is 1280. The van der Waals surface area contributed by atoms with Crippen molar-refractivity contribution in [2.75, 3.05) is 17.2 Å². The monoisotopic (exact) mass is 537 g/mol. The highest BCUT2D eigenvalue weighted by Crippen LogP contribution is 2.43. The first-order chi connectivity index (χ1) is 17.8. The van der Waals surface area contributed by atoms with Crippen LogP contribution in [0, 0.1) is 0 Å². The fourth-order valence-electron chi connectivity index (χ4n) is 4.59. The zero-order valence-electron chi connectivity index (χ0n) is 21.0. The van der Waals surface area contributed by atoms with Crippen LogP contribution in [0.5, 0.6) is 0 Å². The highest BCUT2D eigenvalue weighted by molar-refractivity contribution is 6.34. The molecule has 1 aliphatic heterocycles. The number of carbonyl (C=O) groups is 2. The molecule has 0 saturated carbocycles. The van der Waals surface area contributed by atoms with E-state index in [-0.39, 0.29) is 11.8 Å². The Balaban J connectivity index is 1.83. The second-order valence-corrected chi connectivity index (χ2v) is 9.63.